The highest BCUT2D eigenvalue weighted by Crippen LogP contribution is 2.44. The number of amidine groups is 1. The van der Waals surface area contributed by atoms with Crippen molar-refractivity contribution in [3.63, 3.8) is 0 Å². The van der Waals surface area contributed by atoms with Crippen molar-refractivity contribution >= 4 is 25.3 Å². The lowest BCUT2D eigenvalue weighted by atomic mass is 10.2. The van der Waals surface area contributed by atoms with Crippen LogP contribution in [0.2, 0.25) is 0 Å². The zero-order chi connectivity index (χ0) is 30.8. The van der Waals surface area contributed by atoms with Gasteiger partial charge in [0.05, 0.1) is 26.2 Å². The van der Waals surface area contributed by atoms with Gasteiger partial charge in [-0.05, 0) is 31.1 Å². The van der Waals surface area contributed by atoms with E-state index in [4.69, 9.17) is 24.5 Å². The zero-order valence-corrected chi connectivity index (χ0v) is 25.4. The Morgan fingerprint density at radius 1 is 1.10 bits per heavy atom. The van der Waals surface area contributed by atoms with Crippen LogP contribution in [0.1, 0.15) is 58.8 Å². The van der Waals surface area contributed by atoms with E-state index in [1.54, 1.807) is 41.4 Å². The molecule has 3 N–H and O–H groups in total. The number of carbonyl (C=O) groups is 2. The van der Waals surface area contributed by atoms with Crippen molar-refractivity contribution in [3.05, 3.63) is 55.0 Å². The van der Waals surface area contributed by atoms with Crippen molar-refractivity contribution < 1.29 is 37.3 Å². The molecule has 1 unspecified atom stereocenters. The van der Waals surface area contributed by atoms with Crippen LogP contribution < -0.4 is 15.3 Å². The zero-order valence-electron chi connectivity index (χ0n) is 24.5. The minimum Gasteiger partial charge on any atom is -0.466 e. The SMILES string of the molecule is C=C1N=C(N)C=CN1C[C@H](CF)OCP(=O)(N[C@@H](CC(=O)OCCCCC)C(=O)OCCCCC)Oc1ccccc1. The maximum absolute atomic E-state index is 14.2. The molecule has 1 aliphatic heterocycles. The molecule has 0 aromatic heterocycles. The van der Waals surface area contributed by atoms with Gasteiger partial charge in [-0.25, -0.2) is 14.5 Å². The summed E-state index contributed by atoms with van der Waals surface area (Å²) >= 11 is 0. The lowest BCUT2D eigenvalue weighted by molar-refractivity contribution is -0.152. The van der Waals surface area contributed by atoms with Crippen LogP contribution in [-0.4, -0.2) is 67.6 Å². The van der Waals surface area contributed by atoms with E-state index >= 15 is 0 Å². The molecule has 3 atom stereocenters. The number of ether oxygens (including phenoxy) is 3. The molecule has 1 aromatic rings. The van der Waals surface area contributed by atoms with Crippen LogP contribution in [0, 0.1) is 0 Å². The highest BCUT2D eigenvalue weighted by atomic mass is 31.2. The maximum atomic E-state index is 14.2. The van der Waals surface area contributed by atoms with Crippen LogP contribution in [0.5, 0.6) is 5.75 Å². The summed E-state index contributed by atoms with van der Waals surface area (Å²) in [6, 6.07) is 6.91. The second kappa shape index (κ2) is 19.1. The van der Waals surface area contributed by atoms with E-state index in [0.717, 1.165) is 25.7 Å². The molecule has 1 aliphatic rings. The minimum atomic E-state index is -4.09. The molecular weight excluding hydrogens is 566 g/mol. The number of hydrogen-bond acceptors (Lipinski definition) is 10. The van der Waals surface area contributed by atoms with E-state index in [0.29, 0.717) is 18.7 Å². The maximum Gasteiger partial charge on any atom is 0.342 e. The molecule has 0 bridgehead atoms. The van der Waals surface area contributed by atoms with Crippen LogP contribution in [-0.2, 0) is 28.4 Å². The first-order chi connectivity index (χ1) is 20.2. The highest BCUT2D eigenvalue weighted by molar-refractivity contribution is 7.57. The van der Waals surface area contributed by atoms with Gasteiger partial charge < -0.3 is 29.4 Å². The number of rotatable bonds is 21. The Morgan fingerprint density at radius 2 is 1.76 bits per heavy atom. The van der Waals surface area contributed by atoms with Crippen LogP contribution in [0.3, 0.4) is 0 Å². The fourth-order valence-electron chi connectivity index (χ4n) is 3.79. The molecule has 0 saturated heterocycles. The smallest absolute Gasteiger partial charge is 0.342 e. The predicted octanol–water partition coefficient (Wildman–Crippen LogP) is 5.04. The van der Waals surface area contributed by atoms with Crippen LogP contribution in [0.25, 0.3) is 0 Å². The number of aliphatic imine (C=N–C) groups is 1. The standard InChI is InChI=1S/C29H44FN4O7P/c1-4-6-11-17-38-28(35)19-26(29(36)39-18-12-7-5-2)33-42(37,41-24-13-9-8-10-14-24)22-40-25(20-30)21-34-16-15-27(31)32-23(34)3/h8-10,13-16,25-26H,3-7,11-12,17-22H2,1-2H3,(H2,31,32)(H,33,37)/t25-,26-,42?/m0/s1. The van der Waals surface area contributed by atoms with Crippen molar-refractivity contribution in [2.75, 3.05) is 32.8 Å². The van der Waals surface area contributed by atoms with Crippen LogP contribution in [0.15, 0.2) is 60.0 Å². The van der Waals surface area contributed by atoms with E-state index in [1.165, 1.54) is 6.08 Å². The number of halogens is 1. The second-order valence-electron chi connectivity index (χ2n) is 9.76. The van der Waals surface area contributed by atoms with Gasteiger partial charge in [-0.15, -0.1) is 0 Å². The summed E-state index contributed by atoms with van der Waals surface area (Å²) in [5.74, 6) is -0.653. The molecule has 0 saturated carbocycles. The third kappa shape index (κ3) is 13.2. The fourth-order valence-corrected chi connectivity index (χ4v) is 5.51. The van der Waals surface area contributed by atoms with Gasteiger partial charge in [-0.2, -0.15) is 0 Å². The molecule has 2 rings (SSSR count). The summed E-state index contributed by atoms with van der Waals surface area (Å²) in [7, 11) is -4.09. The highest BCUT2D eigenvalue weighted by Gasteiger charge is 2.36. The molecule has 234 valence electrons. The van der Waals surface area contributed by atoms with Gasteiger partial charge in [0.1, 0.15) is 42.6 Å². The third-order valence-corrected chi connectivity index (χ3v) is 7.77. The molecule has 1 aromatic carbocycles. The van der Waals surface area contributed by atoms with Gasteiger partial charge in [-0.1, -0.05) is 64.3 Å². The number of nitrogens with two attached hydrogens (primary N) is 1. The second-order valence-corrected chi connectivity index (χ2v) is 11.8. The van der Waals surface area contributed by atoms with Gasteiger partial charge in [0, 0.05) is 6.20 Å². The number of alkyl halides is 1. The number of nitrogens with one attached hydrogen (secondary N) is 1. The largest absolute Gasteiger partial charge is 0.466 e. The van der Waals surface area contributed by atoms with Crippen molar-refractivity contribution in [1.82, 2.24) is 9.99 Å². The molecule has 1 heterocycles. The number of hydrogen-bond donors (Lipinski definition) is 2. The van der Waals surface area contributed by atoms with E-state index < -0.39 is 51.0 Å². The molecule has 0 spiro atoms. The number of esters is 2. The molecule has 13 heteroatoms. The number of nitrogens with zero attached hydrogens (tertiary/aromatic N) is 2. The molecule has 0 amide bonds. The van der Waals surface area contributed by atoms with E-state index in [1.807, 2.05) is 13.8 Å². The van der Waals surface area contributed by atoms with Crippen molar-refractivity contribution in [2.45, 2.75) is 70.9 Å². The van der Waals surface area contributed by atoms with Gasteiger partial charge in [-0.3, -0.25) is 14.2 Å². The molecule has 42 heavy (non-hydrogen) atoms. The van der Waals surface area contributed by atoms with Crippen molar-refractivity contribution in [2.24, 2.45) is 10.7 Å². The lowest BCUT2D eigenvalue weighted by Crippen LogP contribution is -2.41. The first kappa shape index (κ1) is 35.0. The Morgan fingerprint density at radius 3 is 2.38 bits per heavy atom. The van der Waals surface area contributed by atoms with E-state index in [-0.39, 0.29) is 31.3 Å². The molecule has 0 fully saturated rings. The van der Waals surface area contributed by atoms with Gasteiger partial charge in [0.15, 0.2) is 0 Å². The number of unbranched alkanes of at least 4 members (excludes halogenated alkanes) is 4. The number of para-hydroxylation sites is 1. The first-order valence-electron chi connectivity index (χ1n) is 14.3. The third-order valence-electron chi connectivity index (χ3n) is 6.07. The van der Waals surface area contributed by atoms with Crippen LogP contribution in [0.4, 0.5) is 4.39 Å². The first-order valence-corrected chi connectivity index (χ1v) is 16.1. The van der Waals surface area contributed by atoms with Gasteiger partial charge in [0.2, 0.25) is 0 Å². The quantitative estimate of drug-likeness (QED) is 0.110. The minimum absolute atomic E-state index is 0.000928. The Kier molecular flexibility index (Phi) is 15.9. The topological polar surface area (TPSA) is 142 Å². The molecule has 0 aliphatic carbocycles. The summed E-state index contributed by atoms with van der Waals surface area (Å²) in [5.41, 5.74) is 5.67. The summed E-state index contributed by atoms with van der Waals surface area (Å²) in [5, 5.41) is 2.68. The molecule has 11 nitrogen and oxygen atoms in total. The van der Waals surface area contributed by atoms with E-state index in [2.05, 4.69) is 16.7 Å². The Hall–Kier alpha value is -3.21. The number of carbonyl (C=O) groups excluding carboxylic acids is 2. The normalized spacial score (nSPS) is 15.8. The monoisotopic (exact) mass is 610 g/mol. The average Bonchev–Trinajstić information content (AvgIpc) is 2.97. The Bertz CT molecular complexity index is 1100. The average molecular weight is 611 g/mol. The Labute approximate surface area is 247 Å². The van der Waals surface area contributed by atoms with Gasteiger partial charge >= 0.3 is 19.5 Å². The lowest BCUT2D eigenvalue weighted by Gasteiger charge is -2.29. The number of benzene rings is 1. The predicted molar refractivity (Wildman–Crippen MR) is 160 cm³/mol. The fraction of sp³-hybridized carbons (Fsp3) is 0.552. The van der Waals surface area contributed by atoms with Crippen LogP contribution >= 0.6 is 7.52 Å². The van der Waals surface area contributed by atoms with Crippen molar-refractivity contribution in [1.29, 1.82) is 0 Å². The molecule has 0 radical (unpaired) electrons. The summed E-state index contributed by atoms with van der Waals surface area (Å²) in [4.78, 5) is 31.2. The summed E-state index contributed by atoms with van der Waals surface area (Å²) in [6.07, 6.45) is 5.97. The van der Waals surface area contributed by atoms with E-state index in [9.17, 15) is 18.5 Å². The van der Waals surface area contributed by atoms with Crippen molar-refractivity contribution in [3.8, 4) is 5.75 Å². The summed E-state index contributed by atoms with van der Waals surface area (Å²) in [6.45, 7) is 7.26. The summed E-state index contributed by atoms with van der Waals surface area (Å²) < 4.78 is 50.3. The molecular formula is C29H44FN4O7P. The van der Waals surface area contributed by atoms with Gasteiger partial charge in [0.25, 0.3) is 0 Å². The Balaban J connectivity index is 2.20.